The fourth-order valence-corrected chi connectivity index (χ4v) is 3.47. The highest BCUT2D eigenvalue weighted by Gasteiger charge is 2.16. The number of rotatable bonds is 8. The van der Waals surface area contributed by atoms with Crippen molar-refractivity contribution in [2.24, 2.45) is 0 Å². The van der Waals surface area contributed by atoms with Crippen LogP contribution in [0.2, 0.25) is 0 Å². The molecule has 0 spiro atoms. The Morgan fingerprint density at radius 1 is 1.12 bits per heavy atom. The predicted molar refractivity (Wildman–Crippen MR) is 101 cm³/mol. The van der Waals surface area contributed by atoms with Gasteiger partial charge in [0.05, 0.1) is 12.0 Å². The van der Waals surface area contributed by atoms with Crippen molar-refractivity contribution < 1.29 is 17.9 Å². The molecule has 0 bridgehead atoms. The molecule has 0 saturated heterocycles. The van der Waals surface area contributed by atoms with E-state index in [-0.39, 0.29) is 23.4 Å². The highest BCUT2D eigenvalue weighted by Crippen LogP contribution is 2.14. The molecule has 2 N–H and O–H groups in total. The Morgan fingerprint density at radius 3 is 2.54 bits per heavy atom. The summed E-state index contributed by atoms with van der Waals surface area (Å²) in [5.41, 5.74) is 1.28. The zero-order chi connectivity index (χ0) is 19.2. The summed E-state index contributed by atoms with van der Waals surface area (Å²) < 4.78 is 32.7. The second kappa shape index (κ2) is 8.82. The van der Waals surface area contributed by atoms with E-state index >= 15 is 0 Å². The minimum absolute atomic E-state index is 0.0243. The van der Waals surface area contributed by atoms with Crippen molar-refractivity contribution in [1.29, 1.82) is 0 Å². The summed E-state index contributed by atoms with van der Waals surface area (Å²) in [4.78, 5) is 12.1. The Labute approximate surface area is 154 Å². The molecule has 0 aromatic heterocycles. The number of ether oxygens (including phenoxy) is 1. The topological polar surface area (TPSA) is 84.5 Å². The van der Waals surface area contributed by atoms with Gasteiger partial charge in [0.25, 0.3) is 5.91 Å². The molecule has 0 saturated carbocycles. The van der Waals surface area contributed by atoms with E-state index in [4.69, 9.17) is 4.74 Å². The Bertz CT molecular complexity index is 863. The Balaban J connectivity index is 2.04. The van der Waals surface area contributed by atoms with Crippen LogP contribution < -0.4 is 14.8 Å². The molecule has 7 heteroatoms. The van der Waals surface area contributed by atoms with Crippen molar-refractivity contribution in [3.05, 3.63) is 59.7 Å². The molecular weight excluding hydrogens is 352 g/mol. The maximum absolute atomic E-state index is 12.5. The number of benzene rings is 2. The van der Waals surface area contributed by atoms with E-state index in [1.54, 1.807) is 19.2 Å². The Morgan fingerprint density at radius 2 is 1.85 bits per heavy atom. The minimum atomic E-state index is -3.69. The number of hydrogen-bond donors (Lipinski definition) is 2. The third-order valence-electron chi connectivity index (χ3n) is 3.67. The zero-order valence-corrected chi connectivity index (χ0v) is 16.0. The normalized spacial score (nSPS) is 11.4. The van der Waals surface area contributed by atoms with Crippen LogP contribution in [-0.4, -0.2) is 34.0 Å². The first-order valence-corrected chi connectivity index (χ1v) is 9.83. The lowest BCUT2D eigenvalue weighted by Crippen LogP contribution is -2.30. The Hall–Kier alpha value is -2.38. The number of carbonyl (C=O) groups excluding carboxylic acids is 1. The Kier molecular flexibility index (Phi) is 6.76. The predicted octanol–water partition coefficient (Wildman–Crippen LogP) is 2.35. The van der Waals surface area contributed by atoms with Crippen LogP contribution in [0.25, 0.3) is 0 Å². The molecule has 140 valence electrons. The third kappa shape index (κ3) is 5.57. The van der Waals surface area contributed by atoms with Crippen LogP contribution in [0.3, 0.4) is 0 Å². The van der Waals surface area contributed by atoms with Gasteiger partial charge < -0.3 is 10.1 Å². The maximum Gasteiger partial charge on any atom is 0.251 e. The smallest absolute Gasteiger partial charge is 0.251 e. The molecule has 2 aromatic rings. The van der Waals surface area contributed by atoms with E-state index in [1.807, 2.05) is 38.1 Å². The summed E-state index contributed by atoms with van der Waals surface area (Å²) in [7, 11) is -2.10. The molecule has 0 unspecified atom stereocenters. The van der Waals surface area contributed by atoms with Crippen LogP contribution in [0.1, 0.15) is 29.8 Å². The molecule has 0 heterocycles. The van der Waals surface area contributed by atoms with E-state index in [9.17, 15) is 13.2 Å². The average molecular weight is 376 g/mol. The van der Waals surface area contributed by atoms with Crippen LogP contribution in [0.5, 0.6) is 5.75 Å². The van der Waals surface area contributed by atoms with Crippen molar-refractivity contribution in [2.45, 2.75) is 31.2 Å². The quantitative estimate of drug-likeness (QED) is 0.741. The van der Waals surface area contributed by atoms with E-state index in [2.05, 4.69) is 10.0 Å². The van der Waals surface area contributed by atoms with Crippen molar-refractivity contribution in [3.8, 4) is 5.75 Å². The molecule has 26 heavy (non-hydrogen) atoms. The van der Waals surface area contributed by atoms with Gasteiger partial charge in [0.2, 0.25) is 10.0 Å². The highest BCUT2D eigenvalue weighted by atomic mass is 32.2. The van der Waals surface area contributed by atoms with Crippen LogP contribution in [0, 0.1) is 0 Å². The second-order valence-electron chi connectivity index (χ2n) is 6.16. The molecule has 2 aromatic carbocycles. The summed E-state index contributed by atoms with van der Waals surface area (Å²) in [6.45, 7) is 3.94. The molecule has 6 nitrogen and oxygen atoms in total. The fourth-order valence-electron chi connectivity index (χ4n) is 2.39. The number of nitrogens with one attached hydrogen (secondary N) is 2. The summed E-state index contributed by atoms with van der Waals surface area (Å²) in [5, 5.41) is 2.75. The van der Waals surface area contributed by atoms with Crippen molar-refractivity contribution >= 4 is 15.9 Å². The molecule has 0 aliphatic carbocycles. The van der Waals surface area contributed by atoms with Gasteiger partial charge in [-0.05, 0) is 56.2 Å². The number of sulfonamides is 1. The number of hydrogen-bond acceptors (Lipinski definition) is 4. The summed E-state index contributed by atoms with van der Waals surface area (Å²) in [6, 6.07) is 13.5. The zero-order valence-electron chi connectivity index (χ0n) is 15.2. The molecule has 2 rings (SSSR count). The van der Waals surface area contributed by atoms with Crippen LogP contribution in [0.15, 0.2) is 53.4 Å². The van der Waals surface area contributed by atoms with Gasteiger partial charge in [-0.25, -0.2) is 13.1 Å². The highest BCUT2D eigenvalue weighted by molar-refractivity contribution is 7.89. The molecule has 0 aliphatic rings. The molecule has 0 atom stereocenters. The first kappa shape index (κ1) is 19.9. The maximum atomic E-state index is 12.5. The van der Waals surface area contributed by atoms with Crippen LogP contribution >= 0.6 is 0 Å². The first-order valence-electron chi connectivity index (χ1n) is 8.35. The average Bonchev–Trinajstić information content (AvgIpc) is 2.61. The number of amides is 1. The molecular formula is C19H24N2O4S. The SMILES string of the molecule is COc1cccc(CCNS(=O)(=O)c2cccc(C(=O)NC(C)C)c2)c1. The van der Waals surface area contributed by atoms with Gasteiger partial charge in [-0.2, -0.15) is 0 Å². The van der Waals surface area contributed by atoms with Gasteiger partial charge in [-0.15, -0.1) is 0 Å². The van der Waals surface area contributed by atoms with E-state index < -0.39 is 10.0 Å². The van der Waals surface area contributed by atoms with E-state index in [0.29, 0.717) is 12.0 Å². The van der Waals surface area contributed by atoms with E-state index in [1.165, 1.54) is 12.1 Å². The third-order valence-corrected chi connectivity index (χ3v) is 5.12. The fraction of sp³-hybridized carbons (Fsp3) is 0.316. The summed E-state index contributed by atoms with van der Waals surface area (Å²) in [5.74, 6) is 0.433. The largest absolute Gasteiger partial charge is 0.497 e. The van der Waals surface area contributed by atoms with Gasteiger partial charge in [-0.3, -0.25) is 4.79 Å². The lowest BCUT2D eigenvalue weighted by atomic mass is 10.1. The molecule has 0 radical (unpaired) electrons. The lowest BCUT2D eigenvalue weighted by molar-refractivity contribution is 0.0943. The van der Waals surface area contributed by atoms with Crippen LogP contribution in [0.4, 0.5) is 0 Å². The van der Waals surface area contributed by atoms with Crippen LogP contribution in [-0.2, 0) is 16.4 Å². The monoisotopic (exact) mass is 376 g/mol. The van der Waals surface area contributed by atoms with Gasteiger partial charge >= 0.3 is 0 Å². The van der Waals surface area contributed by atoms with Gasteiger partial charge in [0.15, 0.2) is 0 Å². The van der Waals surface area contributed by atoms with E-state index in [0.717, 1.165) is 11.3 Å². The van der Waals surface area contributed by atoms with Crippen molar-refractivity contribution in [3.63, 3.8) is 0 Å². The van der Waals surface area contributed by atoms with Gasteiger partial charge in [0, 0.05) is 18.2 Å². The van der Waals surface area contributed by atoms with Crippen molar-refractivity contribution in [2.75, 3.05) is 13.7 Å². The molecule has 1 amide bonds. The van der Waals surface area contributed by atoms with Crippen molar-refractivity contribution in [1.82, 2.24) is 10.0 Å². The molecule has 0 fully saturated rings. The number of carbonyl (C=O) groups is 1. The summed E-state index contributed by atoms with van der Waals surface area (Å²) >= 11 is 0. The standard InChI is InChI=1S/C19H24N2O4S/c1-14(2)21-19(22)16-7-5-9-18(13-16)26(23,24)20-11-10-15-6-4-8-17(12-15)25-3/h4-9,12-14,20H,10-11H2,1-3H3,(H,21,22). The minimum Gasteiger partial charge on any atom is -0.497 e. The second-order valence-corrected chi connectivity index (χ2v) is 7.92. The number of methoxy groups -OCH3 is 1. The lowest BCUT2D eigenvalue weighted by Gasteiger charge is -2.11. The summed E-state index contributed by atoms with van der Waals surface area (Å²) in [6.07, 6.45) is 0.532. The van der Waals surface area contributed by atoms with Gasteiger partial charge in [-0.1, -0.05) is 18.2 Å². The molecule has 0 aliphatic heterocycles. The first-order chi connectivity index (χ1) is 12.3. The van der Waals surface area contributed by atoms with Gasteiger partial charge in [0.1, 0.15) is 5.75 Å².